The molecule has 2 aromatic rings. The molecule has 1 nitrogen and oxygen atoms in total. The molecule has 0 aliphatic heterocycles. The smallest absolute Gasteiger partial charge is 0.0453 e. The second kappa shape index (κ2) is 6.82. The second-order valence-electron chi connectivity index (χ2n) is 4.81. The van der Waals surface area contributed by atoms with E-state index in [1.54, 1.807) is 0 Å². The summed E-state index contributed by atoms with van der Waals surface area (Å²) in [4.78, 5) is 0. The molecule has 1 N–H and O–H groups in total. The molecular weight excluding hydrogens is 313 g/mol. The molecule has 0 amide bonds. The molecule has 0 radical (unpaired) electrons. The lowest BCUT2D eigenvalue weighted by atomic mass is 9.97. The maximum Gasteiger partial charge on any atom is 0.0453 e. The fourth-order valence-corrected chi connectivity index (χ4v) is 3.13. The van der Waals surface area contributed by atoms with Crippen molar-refractivity contribution in [3.05, 3.63) is 68.2 Å². The van der Waals surface area contributed by atoms with Crippen molar-refractivity contribution >= 4 is 34.8 Å². The molecule has 0 bridgehead atoms. The Labute approximate surface area is 134 Å². The number of benzene rings is 2. The minimum Gasteiger partial charge on any atom is -0.313 e. The Morgan fingerprint density at radius 1 is 1.05 bits per heavy atom. The summed E-state index contributed by atoms with van der Waals surface area (Å²) in [7, 11) is 1.92. The topological polar surface area (TPSA) is 12.0 Å². The normalized spacial score (nSPS) is 12.4. The number of halogens is 3. The van der Waals surface area contributed by atoms with E-state index in [9.17, 15) is 0 Å². The zero-order valence-electron chi connectivity index (χ0n) is 11.4. The van der Waals surface area contributed by atoms with Crippen LogP contribution in [0, 0.1) is 6.92 Å². The number of likely N-dealkylation sites (N-methyl/N-ethyl adjacent to an activating group) is 1. The van der Waals surface area contributed by atoms with Gasteiger partial charge in [-0.2, -0.15) is 0 Å². The summed E-state index contributed by atoms with van der Waals surface area (Å²) in [6.45, 7) is 2.03. The molecule has 0 saturated heterocycles. The van der Waals surface area contributed by atoms with Gasteiger partial charge >= 0.3 is 0 Å². The molecule has 4 heteroatoms. The fraction of sp³-hybridized carbons (Fsp3) is 0.250. The van der Waals surface area contributed by atoms with Crippen LogP contribution in [-0.2, 0) is 6.42 Å². The molecule has 1 unspecified atom stereocenters. The van der Waals surface area contributed by atoms with Crippen LogP contribution in [0.1, 0.15) is 22.7 Å². The molecule has 2 rings (SSSR count). The van der Waals surface area contributed by atoms with Crippen LogP contribution >= 0.6 is 34.8 Å². The van der Waals surface area contributed by atoms with Gasteiger partial charge in [0.05, 0.1) is 0 Å². The van der Waals surface area contributed by atoms with E-state index < -0.39 is 0 Å². The van der Waals surface area contributed by atoms with Gasteiger partial charge < -0.3 is 5.32 Å². The standard InChI is InChI=1S/C16H16Cl3N/c1-10-6-11(8-12(17)7-10)16(20-2)9-13-14(18)4-3-5-15(13)19/h3-8,16,20H,9H2,1-2H3. The van der Waals surface area contributed by atoms with Crippen molar-refractivity contribution in [2.24, 2.45) is 0 Å². The first-order chi connectivity index (χ1) is 9.51. The lowest BCUT2D eigenvalue weighted by molar-refractivity contribution is 0.592. The van der Waals surface area contributed by atoms with Gasteiger partial charge in [-0.3, -0.25) is 0 Å². The molecule has 106 valence electrons. The Kier molecular flexibility index (Phi) is 5.34. The Bertz CT molecular complexity index is 570. The number of nitrogens with one attached hydrogen (secondary N) is 1. The van der Waals surface area contributed by atoms with E-state index in [1.165, 1.54) is 0 Å². The Hall–Kier alpha value is -0.730. The van der Waals surface area contributed by atoms with Crippen molar-refractivity contribution in [1.82, 2.24) is 5.32 Å². The quantitative estimate of drug-likeness (QED) is 0.786. The number of hydrogen-bond donors (Lipinski definition) is 1. The lowest BCUT2D eigenvalue weighted by Gasteiger charge is -2.19. The average Bonchev–Trinajstić information content (AvgIpc) is 2.37. The van der Waals surface area contributed by atoms with Gasteiger partial charge in [-0.15, -0.1) is 0 Å². The van der Waals surface area contributed by atoms with E-state index in [4.69, 9.17) is 34.8 Å². The highest BCUT2D eigenvalue weighted by atomic mass is 35.5. The van der Waals surface area contributed by atoms with Crippen LogP contribution in [0.5, 0.6) is 0 Å². The molecule has 0 aromatic heterocycles. The maximum atomic E-state index is 6.24. The third-order valence-corrected chi connectivity index (χ3v) is 4.21. The van der Waals surface area contributed by atoms with Crippen LogP contribution in [-0.4, -0.2) is 7.05 Å². The summed E-state index contributed by atoms with van der Waals surface area (Å²) in [6, 6.07) is 11.7. The molecule has 1 atom stereocenters. The van der Waals surface area contributed by atoms with Crippen molar-refractivity contribution in [3.8, 4) is 0 Å². The zero-order valence-corrected chi connectivity index (χ0v) is 13.7. The van der Waals surface area contributed by atoms with Gasteiger partial charge in [0.2, 0.25) is 0 Å². The monoisotopic (exact) mass is 327 g/mol. The summed E-state index contributed by atoms with van der Waals surface area (Å²) in [5.74, 6) is 0. The Morgan fingerprint density at radius 3 is 2.25 bits per heavy atom. The second-order valence-corrected chi connectivity index (χ2v) is 6.06. The average molecular weight is 329 g/mol. The molecule has 20 heavy (non-hydrogen) atoms. The van der Waals surface area contributed by atoms with Crippen LogP contribution in [0.3, 0.4) is 0 Å². The van der Waals surface area contributed by atoms with Crippen LogP contribution in [0.25, 0.3) is 0 Å². The van der Waals surface area contributed by atoms with Crippen LogP contribution in [0.4, 0.5) is 0 Å². The summed E-state index contributed by atoms with van der Waals surface area (Å²) < 4.78 is 0. The van der Waals surface area contributed by atoms with Gasteiger partial charge in [0.1, 0.15) is 0 Å². The van der Waals surface area contributed by atoms with Crippen LogP contribution in [0.2, 0.25) is 15.1 Å². The summed E-state index contributed by atoms with van der Waals surface area (Å²) in [5.41, 5.74) is 3.22. The van der Waals surface area contributed by atoms with E-state index in [-0.39, 0.29) is 6.04 Å². The Balaban J connectivity index is 2.33. The van der Waals surface area contributed by atoms with Crippen molar-refractivity contribution < 1.29 is 0 Å². The number of aryl methyl sites for hydroxylation is 1. The van der Waals surface area contributed by atoms with E-state index in [0.717, 1.165) is 28.1 Å². The first-order valence-electron chi connectivity index (χ1n) is 6.38. The maximum absolute atomic E-state index is 6.24. The molecular formula is C16H16Cl3N. The fourth-order valence-electron chi connectivity index (χ4n) is 2.28. The van der Waals surface area contributed by atoms with E-state index >= 15 is 0 Å². The number of rotatable bonds is 4. The molecule has 0 aliphatic carbocycles. The van der Waals surface area contributed by atoms with Crippen molar-refractivity contribution in [1.29, 1.82) is 0 Å². The lowest BCUT2D eigenvalue weighted by Crippen LogP contribution is -2.19. The van der Waals surface area contributed by atoms with Gasteiger partial charge in [-0.25, -0.2) is 0 Å². The SMILES string of the molecule is CNC(Cc1c(Cl)cccc1Cl)c1cc(C)cc(Cl)c1. The van der Waals surface area contributed by atoms with Gasteiger partial charge in [0.15, 0.2) is 0 Å². The predicted octanol–water partition coefficient (Wildman–Crippen LogP) is 5.46. The van der Waals surface area contributed by atoms with Crippen molar-refractivity contribution in [2.45, 2.75) is 19.4 Å². The van der Waals surface area contributed by atoms with E-state index in [1.807, 2.05) is 44.3 Å². The van der Waals surface area contributed by atoms with Gasteiger partial charge in [0, 0.05) is 21.1 Å². The van der Waals surface area contributed by atoms with Crippen molar-refractivity contribution in [3.63, 3.8) is 0 Å². The molecule has 0 spiro atoms. The highest BCUT2D eigenvalue weighted by molar-refractivity contribution is 6.36. The third-order valence-electron chi connectivity index (χ3n) is 3.29. The minimum absolute atomic E-state index is 0.116. The van der Waals surface area contributed by atoms with Gasteiger partial charge in [-0.05, 0) is 61.3 Å². The van der Waals surface area contributed by atoms with E-state index in [2.05, 4.69) is 11.4 Å². The predicted molar refractivity (Wildman–Crippen MR) is 88.2 cm³/mol. The summed E-state index contributed by atoms with van der Waals surface area (Å²) in [6.07, 6.45) is 0.717. The molecule has 0 fully saturated rings. The zero-order chi connectivity index (χ0) is 14.7. The highest BCUT2D eigenvalue weighted by Crippen LogP contribution is 2.30. The molecule has 0 aliphatic rings. The first kappa shape index (κ1) is 15.7. The third kappa shape index (κ3) is 3.67. The van der Waals surface area contributed by atoms with Gasteiger partial charge in [-0.1, -0.05) is 46.9 Å². The Morgan fingerprint density at radius 2 is 1.70 bits per heavy atom. The summed E-state index contributed by atoms with van der Waals surface area (Å²) in [5, 5.41) is 5.42. The first-order valence-corrected chi connectivity index (χ1v) is 7.52. The molecule has 0 heterocycles. The largest absolute Gasteiger partial charge is 0.313 e. The molecule has 2 aromatic carbocycles. The van der Waals surface area contributed by atoms with E-state index in [0.29, 0.717) is 10.0 Å². The molecule has 0 saturated carbocycles. The summed E-state index contributed by atoms with van der Waals surface area (Å²) >= 11 is 18.6. The van der Waals surface area contributed by atoms with Gasteiger partial charge in [0.25, 0.3) is 0 Å². The van der Waals surface area contributed by atoms with Crippen molar-refractivity contribution in [2.75, 3.05) is 7.05 Å². The minimum atomic E-state index is 0.116. The highest BCUT2D eigenvalue weighted by Gasteiger charge is 2.15. The van der Waals surface area contributed by atoms with Crippen LogP contribution in [0.15, 0.2) is 36.4 Å². The van der Waals surface area contributed by atoms with Crippen LogP contribution < -0.4 is 5.32 Å². The number of hydrogen-bond acceptors (Lipinski definition) is 1.